The van der Waals surface area contributed by atoms with E-state index in [9.17, 15) is 13.2 Å². The number of hydrogen-bond acceptors (Lipinski definition) is 6. The Morgan fingerprint density at radius 2 is 2.20 bits per heavy atom. The molecule has 0 unspecified atom stereocenters. The van der Waals surface area contributed by atoms with E-state index in [0.29, 0.717) is 18.6 Å². The number of nitrogens with one attached hydrogen (secondary N) is 1. The molecule has 1 aromatic carbocycles. The molecule has 2 saturated heterocycles. The second kappa shape index (κ2) is 7.41. The third kappa shape index (κ3) is 4.38. The van der Waals surface area contributed by atoms with Gasteiger partial charge in [0.2, 0.25) is 0 Å². The van der Waals surface area contributed by atoms with Gasteiger partial charge in [0.15, 0.2) is 9.84 Å². The normalized spacial score (nSPS) is 27.0. The first kappa shape index (κ1) is 18.3. The molecule has 8 heteroatoms. The molecule has 0 saturated carbocycles. The number of ether oxygens (including phenoxy) is 1. The third-order valence-corrected chi connectivity index (χ3v) is 5.91. The van der Waals surface area contributed by atoms with Crippen LogP contribution in [0.2, 0.25) is 0 Å². The van der Waals surface area contributed by atoms with Gasteiger partial charge in [0.1, 0.15) is 0 Å². The highest BCUT2D eigenvalue weighted by Crippen LogP contribution is 2.24. The molecule has 2 fully saturated rings. The molecule has 3 atom stereocenters. The molecular formula is C17H24N2O5S. The van der Waals surface area contributed by atoms with Gasteiger partial charge >= 0.3 is 0 Å². The standard InChI is InChI=1S/C17H24N2O5S/c1-25(22,23)16-4-2-3-12(7-16)17(21)18-13-8-14-11-24-15(5-6-20)10-19(14)9-13/h2-4,7,13-15,20H,5-6,8-11H2,1H3,(H,18,21)/t13-,14-,15-/m0/s1. The summed E-state index contributed by atoms with van der Waals surface area (Å²) in [6.07, 6.45) is 2.60. The number of nitrogens with zero attached hydrogens (tertiary/aromatic N) is 1. The number of aliphatic hydroxyl groups excluding tert-OH is 1. The summed E-state index contributed by atoms with van der Waals surface area (Å²) in [6.45, 7) is 2.23. The van der Waals surface area contributed by atoms with Crippen molar-refractivity contribution in [3.63, 3.8) is 0 Å². The van der Waals surface area contributed by atoms with E-state index in [0.717, 1.165) is 25.8 Å². The summed E-state index contributed by atoms with van der Waals surface area (Å²) >= 11 is 0. The Labute approximate surface area is 147 Å². The number of fused-ring (bicyclic) bond motifs is 1. The van der Waals surface area contributed by atoms with Crippen molar-refractivity contribution < 1.29 is 23.1 Å². The number of morpholine rings is 1. The average Bonchev–Trinajstić information content (AvgIpc) is 2.96. The van der Waals surface area contributed by atoms with Crippen LogP contribution in [0.4, 0.5) is 0 Å². The van der Waals surface area contributed by atoms with Crippen LogP contribution in [0.15, 0.2) is 29.2 Å². The van der Waals surface area contributed by atoms with E-state index in [1.165, 1.54) is 12.1 Å². The monoisotopic (exact) mass is 368 g/mol. The molecule has 0 spiro atoms. The lowest BCUT2D eigenvalue weighted by atomic mass is 10.1. The molecule has 138 valence electrons. The summed E-state index contributed by atoms with van der Waals surface area (Å²) < 4.78 is 29.0. The van der Waals surface area contributed by atoms with Gasteiger partial charge in [-0.1, -0.05) is 6.07 Å². The molecule has 0 radical (unpaired) electrons. The van der Waals surface area contributed by atoms with Gasteiger partial charge in [-0.15, -0.1) is 0 Å². The molecule has 25 heavy (non-hydrogen) atoms. The predicted octanol–water partition coefficient (Wildman–Crippen LogP) is 0.0440. The van der Waals surface area contributed by atoms with Gasteiger partial charge in [0.05, 0.1) is 17.6 Å². The zero-order valence-corrected chi connectivity index (χ0v) is 15.0. The Morgan fingerprint density at radius 1 is 1.40 bits per heavy atom. The summed E-state index contributed by atoms with van der Waals surface area (Å²) in [5, 5.41) is 12.0. The quantitative estimate of drug-likeness (QED) is 0.762. The number of sulfone groups is 1. The largest absolute Gasteiger partial charge is 0.396 e. The number of hydrogen-bond donors (Lipinski definition) is 2. The highest BCUT2D eigenvalue weighted by molar-refractivity contribution is 7.90. The Bertz CT molecular complexity index is 736. The van der Waals surface area contributed by atoms with Crippen molar-refractivity contribution in [1.29, 1.82) is 0 Å². The fraction of sp³-hybridized carbons (Fsp3) is 0.588. The highest BCUT2D eigenvalue weighted by Gasteiger charge is 2.37. The summed E-state index contributed by atoms with van der Waals surface area (Å²) in [5.41, 5.74) is 0.349. The van der Waals surface area contributed by atoms with Gasteiger partial charge in [-0.05, 0) is 31.0 Å². The molecule has 0 aliphatic carbocycles. The van der Waals surface area contributed by atoms with Gasteiger partial charge in [-0.2, -0.15) is 0 Å². The van der Waals surface area contributed by atoms with Crippen molar-refractivity contribution in [2.24, 2.45) is 0 Å². The zero-order valence-electron chi connectivity index (χ0n) is 14.2. The minimum atomic E-state index is -3.34. The van der Waals surface area contributed by atoms with Crippen molar-refractivity contribution in [2.45, 2.75) is 35.9 Å². The minimum Gasteiger partial charge on any atom is -0.396 e. The second-order valence-corrected chi connectivity index (χ2v) is 8.80. The summed E-state index contributed by atoms with van der Waals surface area (Å²) in [4.78, 5) is 14.9. The number of carbonyl (C=O) groups excluding carboxylic acids is 1. The van der Waals surface area contributed by atoms with Crippen LogP contribution in [0.1, 0.15) is 23.2 Å². The van der Waals surface area contributed by atoms with Crippen LogP contribution in [-0.2, 0) is 14.6 Å². The molecule has 0 aromatic heterocycles. The number of rotatable bonds is 5. The summed E-state index contributed by atoms with van der Waals surface area (Å²) in [5.74, 6) is -0.261. The van der Waals surface area contributed by atoms with Crippen molar-refractivity contribution in [3.8, 4) is 0 Å². The fourth-order valence-electron chi connectivity index (χ4n) is 3.50. The maximum absolute atomic E-state index is 12.5. The van der Waals surface area contributed by atoms with Gasteiger partial charge < -0.3 is 15.2 Å². The number of carbonyl (C=O) groups is 1. The number of aliphatic hydroxyl groups is 1. The molecule has 2 aliphatic rings. The summed E-state index contributed by atoms with van der Waals surface area (Å²) in [6, 6.07) is 6.38. The lowest BCUT2D eigenvalue weighted by Gasteiger charge is -2.34. The lowest BCUT2D eigenvalue weighted by Crippen LogP contribution is -2.46. The zero-order chi connectivity index (χ0) is 18.0. The molecule has 2 heterocycles. The van der Waals surface area contributed by atoms with E-state index >= 15 is 0 Å². The Kier molecular flexibility index (Phi) is 5.43. The summed E-state index contributed by atoms with van der Waals surface area (Å²) in [7, 11) is -3.34. The van der Waals surface area contributed by atoms with Crippen molar-refractivity contribution in [2.75, 3.05) is 32.6 Å². The topological polar surface area (TPSA) is 95.9 Å². The minimum absolute atomic E-state index is 0.0101. The second-order valence-electron chi connectivity index (χ2n) is 6.78. The van der Waals surface area contributed by atoms with Crippen molar-refractivity contribution in [3.05, 3.63) is 29.8 Å². The molecule has 0 bridgehead atoms. The van der Waals surface area contributed by atoms with E-state index in [2.05, 4.69) is 10.2 Å². The molecule has 2 N–H and O–H groups in total. The van der Waals surface area contributed by atoms with Crippen molar-refractivity contribution in [1.82, 2.24) is 10.2 Å². The SMILES string of the molecule is CS(=O)(=O)c1cccc(C(=O)N[C@H]2C[C@H]3CO[C@@H](CCO)CN3C2)c1. The predicted molar refractivity (Wildman–Crippen MR) is 92.2 cm³/mol. The maximum atomic E-state index is 12.5. The first-order valence-electron chi connectivity index (χ1n) is 8.44. The van der Waals surface area contributed by atoms with Gasteiger partial charge in [0.25, 0.3) is 5.91 Å². The molecule has 7 nitrogen and oxygen atoms in total. The van der Waals surface area contributed by atoms with Crippen LogP contribution in [0.5, 0.6) is 0 Å². The van der Waals surface area contributed by atoms with Gasteiger partial charge in [-0.3, -0.25) is 9.69 Å². The van der Waals surface area contributed by atoms with Crippen LogP contribution in [0.3, 0.4) is 0 Å². The van der Waals surface area contributed by atoms with E-state index in [-0.39, 0.29) is 35.6 Å². The molecule has 3 rings (SSSR count). The van der Waals surface area contributed by atoms with Crippen LogP contribution in [0, 0.1) is 0 Å². The molecule has 2 aliphatic heterocycles. The van der Waals surface area contributed by atoms with Crippen LogP contribution < -0.4 is 5.32 Å². The Hall–Kier alpha value is -1.48. The molecular weight excluding hydrogens is 344 g/mol. The van der Waals surface area contributed by atoms with Gasteiger partial charge in [0, 0.05) is 43.6 Å². The van der Waals surface area contributed by atoms with Crippen LogP contribution >= 0.6 is 0 Å². The van der Waals surface area contributed by atoms with E-state index < -0.39 is 9.84 Å². The van der Waals surface area contributed by atoms with Crippen molar-refractivity contribution >= 4 is 15.7 Å². The average molecular weight is 368 g/mol. The van der Waals surface area contributed by atoms with E-state index in [1.807, 2.05) is 0 Å². The Morgan fingerprint density at radius 3 is 2.92 bits per heavy atom. The maximum Gasteiger partial charge on any atom is 0.251 e. The number of benzene rings is 1. The Balaban J connectivity index is 1.61. The smallest absolute Gasteiger partial charge is 0.251 e. The first-order chi connectivity index (χ1) is 11.9. The fourth-order valence-corrected chi connectivity index (χ4v) is 4.17. The molecule has 1 aromatic rings. The molecule has 1 amide bonds. The van der Waals surface area contributed by atoms with E-state index in [4.69, 9.17) is 9.84 Å². The van der Waals surface area contributed by atoms with Crippen LogP contribution in [0.25, 0.3) is 0 Å². The number of amides is 1. The van der Waals surface area contributed by atoms with Gasteiger partial charge in [-0.25, -0.2) is 8.42 Å². The third-order valence-electron chi connectivity index (χ3n) is 4.80. The first-order valence-corrected chi connectivity index (χ1v) is 10.3. The van der Waals surface area contributed by atoms with Crippen LogP contribution in [-0.4, -0.2) is 75.1 Å². The van der Waals surface area contributed by atoms with E-state index in [1.54, 1.807) is 12.1 Å². The lowest BCUT2D eigenvalue weighted by molar-refractivity contribution is -0.0566. The highest BCUT2D eigenvalue weighted by atomic mass is 32.2.